The molecule has 6 nitrogen and oxygen atoms in total. The van der Waals surface area contributed by atoms with E-state index in [4.69, 9.17) is 5.11 Å². The zero-order valence-corrected chi connectivity index (χ0v) is 23.8. The third-order valence-corrected chi connectivity index (χ3v) is 5.82. The number of hydrogen-bond acceptors (Lipinski definition) is 4. The van der Waals surface area contributed by atoms with Crippen LogP contribution >= 0.6 is 0 Å². The van der Waals surface area contributed by atoms with Gasteiger partial charge in [0.25, 0.3) is 0 Å². The second-order valence-electron chi connectivity index (χ2n) is 12.3. The Kier molecular flexibility index (Phi) is 10.6. The van der Waals surface area contributed by atoms with E-state index >= 15 is 0 Å². The van der Waals surface area contributed by atoms with Gasteiger partial charge in [0.05, 0.1) is 0 Å². The smallest absolute Gasteiger partial charge is 0.238 e. The molecule has 0 saturated heterocycles. The van der Waals surface area contributed by atoms with Gasteiger partial charge in [-0.15, -0.1) is 0 Å². The van der Waals surface area contributed by atoms with Gasteiger partial charge < -0.3 is 10.2 Å². The summed E-state index contributed by atoms with van der Waals surface area (Å²) in [6, 6.07) is 11.3. The maximum Gasteiger partial charge on any atom is 0.238 e. The van der Waals surface area contributed by atoms with Crippen LogP contribution in [0.15, 0.2) is 36.4 Å². The van der Waals surface area contributed by atoms with Crippen LogP contribution in [0.25, 0.3) is 0 Å². The molecule has 200 valence electrons. The lowest BCUT2D eigenvalue weighted by Gasteiger charge is -2.28. The van der Waals surface area contributed by atoms with Gasteiger partial charge in [0.2, 0.25) is 11.8 Å². The largest absolute Gasteiger partial charge is 0.508 e. The zero-order valence-electron chi connectivity index (χ0n) is 23.8. The fraction of sp³-hybridized carbons (Fsp3) is 0.533. The number of carbonyl (C=O) groups excluding carboxylic acids is 2. The predicted molar refractivity (Wildman–Crippen MR) is 147 cm³/mol. The topological polar surface area (TPSA) is 98.7 Å². The summed E-state index contributed by atoms with van der Waals surface area (Å²) >= 11 is 0. The first-order chi connectivity index (χ1) is 16.4. The van der Waals surface area contributed by atoms with Crippen molar-refractivity contribution in [3.63, 3.8) is 0 Å². The average Bonchev–Trinajstić information content (AvgIpc) is 2.75. The maximum absolute atomic E-state index is 11.9. The number of phenols is 2. The Hall–Kier alpha value is -3.02. The van der Waals surface area contributed by atoms with Crippen LogP contribution in [-0.4, -0.2) is 22.0 Å². The number of amides is 2. The fourth-order valence-electron chi connectivity index (χ4n) is 3.49. The van der Waals surface area contributed by atoms with Gasteiger partial charge >= 0.3 is 0 Å². The highest BCUT2D eigenvalue weighted by Gasteiger charge is 2.26. The number of aromatic hydroxyl groups is 2. The van der Waals surface area contributed by atoms with Crippen molar-refractivity contribution < 1.29 is 19.8 Å². The van der Waals surface area contributed by atoms with Crippen LogP contribution in [0, 0.1) is 0 Å². The first-order valence-electron chi connectivity index (χ1n) is 12.6. The molecule has 36 heavy (non-hydrogen) atoms. The number of rotatable bonds is 4. The summed E-state index contributed by atoms with van der Waals surface area (Å²) in [7, 11) is 0. The number of benzene rings is 2. The number of carbonyl (C=O) groups is 2. The zero-order chi connectivity index (χ0) is 27.9. The first-order valence-corrected chi connectivity index (χ1v) is 12.6. The molecule has 0 spiro atoms. The molecule has 2 aromatic carbocycles. The van der Waals surface area contributed by atoms with E-state index in [1.54, 1.807) is 19.1 Å². The van der Waals surface area contributed by atoms with E-state index in [0.29, 0.717) is 24.3 Å². The Morgan fingerprint density at radius 3 is 1.56 bits per heavy atom. The van der Waals surface area contributed by atoms with Crippen LogP contribution in [-0.2, 0) is 32.3 Å². The highest BCUT2D eigenvalue weighted by atomic mass is 16.3. The van der Waals surface area contributed by atoms with Crippen LogP contribution in [0.5, 0.6) is 11.5 Å². The number of aryl methyl sites for hydroxylation is 1. The standard InChI is InChI=1S/C20H32N2O3.C10H14O/c1-8-16(23)21-22-17(24)10-9-13-11-14(19(2,3)4)18(25)15(12-13)20(5,6)7;1-10(2,3)8-4-6-9(11)7-5-8/h11-12,25H,8-10H2,1-7H3,(H,21,23)(H,22,24);4-7,11H,1-3H3. The fourth-order valence-corrected chi connectivity index (χ4v) is 3.49. The molecule has 0 aliphatic heterocycles. The van der Waals surface area contributed by atoms with E-state index in [1.165, 1.54) is 5.56 Å². The van der Waals surface area contributed by atoms with Crippen molar-refractivity contribution in [3.05, 3.63) is 58.7 Å². The van der Waals surface area contributed by atoms with Gasteiger partial charge in [-0.25, -0.2) is 0 Å². The molecule has 0 aliphatic rings. The van der Waals surface area contributed by atoms with Crippen molar-refractivity contribution in [2.24, 2.45) is 0 Å². The number of hydrazine groups is 1. The van der Waals surface area contributed by atoms with Crippen LogP contribution in [0.4, 0.5) is 0 Å². The quantitative estimate of drug-likeness (QED) is 0.379. The third-order valence-electron chi connectivity index (χ3n) is 5.82. The number of hydrogen-bond donors (Lipinski definition) is 4. The summed E-state index contributed by atoms with van der Waals surface area (Å²) in [5.41, 5.74) is 8.59. The van der Waals surface area contributed by atoms with E-state index in [2.05, 4.69) is 73.2 Å². The Balaban J connectivity index is 0.000000488. The predicted octanol–water partition coefficient (Wildman–Crippen LogP) is 6.17. The van der Waals surface area contributed by atoms with E-state index in [9.17, 15) is 14.7 Å². The molecule has 0 unspecified atom stereocenters. The minimum Gasteiger partial charge on any atom is -0.508 e. The summed E-state index contributed by atoms with van der Waals surface area (Å²) < 4.78 is 0. The van der Waals surface area contributed by atoms with E-state index in [0.717, 1.165) is 16.7 Å². The Bertz CT molecular complexity index is 986. The molecule has 0 fully saturated rings. The minimum absolute atomic E-state index is 0.174. The molecule has 0 radical (unpaired) electrons. The molecule has 0 aliphatic carbocycles. The summed E-state index contributed by atoms with van der Waals surface area (Å²) in [4.78, 5) is 23.1. The molecule has 4 N–H and O–H groups in total. The molecule has 6 heteroatoms. The minimum atomic E-state index is -0.232. The van der Waals surface area contributed by atoms with Crippen molar-refractivity contribution >= 4 is 11.8 Å². The molecule has 0 aromatic heterocycles. The Morgan fingerprint density at radius 1 is 0.722 bits per heavy atom. The van der Waals surface area contributed by atoms with E-state index in [1.807, 2.05) is 24.3 Å². The SMILES string of the molecule is CC(C)(C)c1ccc(O)cc1.CCC(=O)NNC(=O)CCc1cc(C(C)(C)C)c(O)c(C(C)(C)C)c1. The van der Waals surface area contributed by atoms with Crippen LogP contribution < -0.4 is 10.9 Å². The number of nitrogens with one attached hydrogen (secondary N) is 2. The molecule has 2 amide bonds. The second kappa shape index (κ2) is 12.3. The highest BCUT2D eigenvalue weighted by Crippen LogP contribution is 2.40. The molecule has 0 bridgehead atoms. The van der Waals surface area contributed by atoms with Gasteiger partial charge in [-0.2, -0.15) is 0 Å². The van der Waals surface area contributed by atoms with Crippen molar-refractivity contribution in [2.75, 3.05) is 0 Å². The molecule has 2 rings (SSSR count). The van der Waals surface area contributed by atoms with Crippen LogP contribution in [0.1, 0.15) is 104 Å². The van der Waals surface area contributed by atoms with Crippen LogP contribution in [0.3, 0.4) is 0 Å². The maximum atomic E-state index is 11.9. The lowest BCUT2D eigenvalue weighted by Crippen LogP contribution is -2.41. The van der Waals surface area contributed by atoms with Crippen molar-refractivity contribution in [3.8, 4) is 11.5 Å². The molecule has 2 aromatic rings. The summed E-state index contributed by atoms with van der Waals surface area (Å²) in [6.45, 7) is 20.5. The summed E-state index contributed by atoms with van der Waals surface area (Å²) in [5.74, 6) is 0.217. The molecular formula is C30H46N2O4. The molecule has 0 saturated carbocycles. The van der Waals surface area contributed by atoms with Gasteiger partial charge in [0, 0.05) is 12.8 Å². The van der Waals surface area contributed by atoms with Crippen molar-refractivity contribution in [2.45, 2.75) is 105 Å². The molecule has 0 heterocycles. The van der Waals surface area contributed by atoms with E-state index in [-0.39, 0.29) is 34.5 Å². The van der Waals surface area contributed by atoms with Gasteiger partial charge in [0.1, 0.15) is 11.5 Å². The summed E-state index contributed by atoms with van der Waals surface area (Å²) in [6.07, 6.45) is 1.13. The Morgan fingerprint density at radius 2 is 1.17 bits per heavy atom. The first kappa shape index (κ1) is 31.0. The average molecular weight is 499 g/mol. The normalized spacial score (nSPS) is 11.8. The third kappa shape index (κ3) is 9.92. The number of phenolic OH excluding ortho intramolecular Hbond substituents is 2. The van der Waals surface area contributed by atoms with E-state index < -0.39 is 0 Å². The van der Waals surface area contributed by atoms with Gasteiger partial charge in [0.15, 0.2) is 0 Å². The summed E-state index contributed by atoms with van der Waals surface area (Å²) in [5, 5.41) is 19.7. The lowest BCUT2D eigenvalue weighted by atomic mass is 9.78. The van der Waals surface area contributed by atoms with Gasteiger partial charge in [-0.05, 0) is 57.1 Å². The van der Waals surface area contributed by atoms with Crippen LogP contribution in [0.2, 0.25) is 0 Å². The van der Waals surface area contributed by atoms with Crippen molar-refractivity contribution in [1.82, 2.24) is 10.9 Å². The highest BCUT2D eigenvalue weighted by molar-refractivity contribution is 5.81. The van der Waals surface area contributed by atoms with Gasteiger partial charge in [-0.1, -0.05) is 93.5 Å². The molecule has 0 atom stereocenters. The lowest BCUT2D eigenvalue weighted by molar-refractivity contribution is -0.128. The Labute approximate surface area is 217 Å². The monoisotopic (exact) mass is 498 g/mol. The second-order valence-corrected chi connectivity index (χ2v) is 12.3. The molecular weight excluding hydrogens is 452 g/mol. The van der Waals surface area contributed by atoms with Crippen molar-refractivity contribution in [1.29, 1.82) is 0 Å². The van der Waals surface area contributed by atoms with Gasteiger partial charge in [-0.3, -0.25) is 20.4 Å².